The zero-order valence-corrected chi connectivity index (χ0v) is 9.85. The molecule has 0 heterocycles. The van der Waals surface area contributed by atoms with Gasteiger partial charge in [-0.15, -0.1) is 0 Å². The zero-order chi connectivity index (χ0) is 11.4. The van der Waals surface area contributed by atoms with Gasteiger partial charge in [0, 0.05) is 13.2 Å². The molecule has 2 rings (SSSR count). The normalized spacial score (nSPS) is 32.4. The second-order valence-corrected chi connectivity index (χ2v) is 4.86. The Bertz CT molecular complexity index is 272. The fourth-order valence-corrected chi connectivity index (χ4v) is 3.01. The third-order valence-corrected chi connectivity index (χ3v) is 3.80. The van der Waals surface area contributed by atoms with Crippen LogP contribution in [0.15, 0.2) is 12.2 Å². The minimum Gasteiger partial charge on any atom is -0.460 e. The molecule has 2 bridgehead atoms. The van der Waals surface area contributed by atoms with E-state index in [1.54, 1.807) is 13.2 Å². The molecule has 2 aliphatic carbocycles. The van der Waals surface area contributed by atoms with Crippen molar-refractivity contribution in [1.29, 1.82) is 0 Å². The fraction of sp³-hybridized carbons (Fsp3) is 0.769. The highest BCUT2D eigenvalue weighted by Crippen LogP contribution is 2.48. The molecule has 0 aromatic rings. The average molecular weight is 224 g/mol. The first-order chi connectivity index (χ1) is 7.79. The summed E-state index contributed by atoms with van der Waals surface area (Å²) in [4.78, 5) is 11.3. The number of fused-ring (bicyclic) bond motifs is 2. The summed E-state index contributed by atoms with van der Waals surface area (Å²) in [6.45, 7) is 0.810. The van der Waals surface area contributed by atoms with Crippen molar-refractivity contribution in [2.75, 3.05) is 20.3 Å². The molecule has 3 atom stereocenters. The number of methoxy groups -OCH3 is 1. The minimum absolute atomic E-state index is 0.236. The van der Waals surface area contributed by atoms with Crippen LogP contribution in [0.5, 0.6) is 0 Å². The number of allylic oxidation sites excluding steroid dienone is 1. The van der Waals surface area contributed by atoms with Crippen molar-refractivity contribution < 1.29 is 14.3 Å². The van der Waals surface area contributed by atoms with Gasteiger partial charge in [0.2, 0.25) is 0 Å². The molecule has 16 heavy (non-hydrogen) atoms. The van der Waals surface area contributed by atoms with Gasteiger partial charge in [-0.05, 0) is 37.0 Å². The summed E-state index contributed by atoms with van der Waals surface area (Å²) in [6, 6.07) is 0. The summed E-state index contributed by atoms with van der Waals surface area (Å²) in [5.74, 6) is 2.13. The molecule has 0 unspecified atom stereocenters. The molecule has 3 heteroatoms. The molecular weight excluding hydrogens is 204 g/mol. The van der Waals surface area contributed by atoms with Crippen molar-refractivity contribution in [2.45, 2.75) is 25.7 Å². The van der Waals surface area contributed by atoms with Crippen molar-refractivity contribution in [1.82, 2.24) is 0 Å². The van der Waals surface area contributed by atoms with Crippen LogP contribution in [0.1, 0.15) is 25.7 Å². The van der Waals surface area contributed by atoms with Crippen LogP contribution in [0, 0.1) is 17.8 Å². The van der Waals surface area contributed by atoms with Crippen LogP contribution in [0.25, 0.3) is 0 Å². The van der Waals surface area contributed by atoms with Gasteiger partial charge < -0.3 is 9.47 Å². The minimum atomic E-state index is -0.236. The van der Waals surface area contributed by atoms with Crippen LogP contribution in [0.3, 0.4) is 0 Å². The summed E-state index contributed by atoms with van der Waals surface area (Å²) in [7, 11) is 1.60. The van der Waals surface area contributed by atoms with E-state index in [1.165, 1.54) is 25.7 Å². The van der Waals surface area contributed by atoms with Gasteiger partial charge in [-0.2, -0.15) is 0 Å². The van der Waals surface area contributed by atoms with E-state index in [0.29, 0.717) is 19.1 Å². The van der Waals surface area contributed by atoms with Crippen molar-refractivity contribution in [3.8, 4) is 0 Å². The SMILES string of the molecule is COCCOC(=O)/C=C/[C@@H]1C[C@@H]2CC[C@H]1C2. The number of carbonyl (C=O) groups excluding carboxylic acids is 1. The van der Waals surface area contributed by atoms with Crippen LogP contribution in [-0.4, -0.2) is 26.3 Å². The van der Waals surface area contributed by atoms with Crippen LogP contribution >= 0.6 is 0 Å². The van der Waals surface area contributed by atoms with Gasteiger partial charge in [0.05, 0.1) is 6.61 Å². The van der Waals surface area contributed by atoms with Crippen LogP contribution in [0.4, 0.5) is 0 Å². The van der Waals surface area contributed by atoms with E-state index in [-0.39, 0.29) is 5.97 Å². The first-order valence-corrected chi connectivity index (χ1v) is 6.13. The number of rotatable bonds is 5. The van der Waals surface area contributed by atoms with Gasteiger partial charge in [0.25, 0.3) is 0 Å². The third kappa shape index (κ3) is 2.85. The first-order valence-electron chi connectivity index (χ1n) is 6.13. The van der Waals surface area contributed by atoms with Crippen LogP contribution in [-0.2, 0) is 14.3 Å². The van der Waals surface area contributed by atoms with E-state index in [1.807, 2.05) is 0 Å². The lowest BCUT2D eigenvalue weighted by Gasteiger charge is -2.17. The van der Waals surface area contributed by atoms with Crippen molar-refractivity contribution in [2.24, 2.45) is 17.8 Å². The average Bonchev–Trinajstić information content (AvgIpc) is 2.88. The Kier molecular flexibility index (Phi) is 3.99. The largest absolute Gasteiger partial charge is 0.460 e. The Balaban J connectivity index is 1.70. The Hall–Kier alpha value is -0.830. The molecule has 2 saturated carbocycles. The van der Waals surface area contributed by atoms with Gasteiger partial charge in [0.1, 0.15) is 6.61 Å². The van der Waals surface area contributed by atoms with E-state index < -0.39 is 0 Å². The molecule has 0 amide bonds. The van der Waals surface area contributed by atoms with E-state index in [4.69, 9.17) is 9.47 Å². The predicted molar refractivity (Wildman–Crippen MR) is 60.9 cm³/mol. The fourth-order valence-electron chi connectivity index (χ4n) is 3.01. The number of hydrogen-bond donors (Lipinski definition) is 0. The van der Waals surface area contributed by atoms with Crippen LogP contribution < -0.4 is 0 Å². The Morgan fingerprint density at radius 3 is 2.81 bits per heavy atom. The maximum Gasteiger partial charge on any atom is 0.330 e. The summed E-state index contributed by atoms with van der Waals surface area (Å²) in [5, 5.41) is 0. The van der Waals surface area contributed by atoms with Crippen LogP contribution in [0.2, 0.25) is 0 Å². The molecule has 0 N–H and O–H groups in total. The van der Waals surface area contributed by atoms with Crippen molar-refractivity contribution in [3.05, 3.63) is 12.2 Å². The summed E-state index contributed by atoms with van der Waals surface area (Å²) in [6.07, 6.45) is 9.03. The molecule has 0 aromatic heterocycles. The van der Waals surface area contributed by atoms with E-state index in [0.717, 1.165) is 11.8 Å². The van der Waals surface area contributed by atoms with E-state index in [9.17, 15) is 4.79 Å². The lowest BCUT2D eigenvalue weighted by Crippen LogP contribution is -2.10. The summed E-state index contributed by atoms with van der Waals surface area (Å²) < 4.78 is 9.78. The maximum atomic E-state index is 11.3. The number of esters is 1. The highest BCUT2D eigenvalue weighted by Gasteiger charge is 2.37. The molecule has 90 valence electrons. The molecular formula is C13H20O3. The smallest absolute Gasteiger partial charge is 0.330 e. The molecule has 0 saturated heterocycles. The Morgan fingerprint density at radius 2 is 2.19 bits per heavy atom. The topological polar surface area (TPSA) is 35.5 Å². The van der Waals surface area contributed by atoms with E-state index >= 15 is 0 Å². The maximum absolute atomic E-state index is 11.3. The first kappa shape index (κ1) is 11.6. The monoisotopic (exact) mass is 224 g/mol. The highest BCUT2D eigenvalue weighted by atomic mass is 16.6. The second kappa shape index (κ2) is 5.48. The molecule has 2 fully saturated rings. The highest BCUT2D eigenvalue weighted by molar-refractivity contribution is 5.81. The molecule has 0 aromatic carbocycles. The quantitative estimate of drug-likeness (QED) is 0.408. The predicted octanol–water partition coefficient (Wildman–Crippen LogP) is 2.17. The third-order valence-electron chi connectivity index (χ3n) is 3.80. The van der Waals surface area contributed by atoms with Crippen molar-refractivity contribution >= 4 is 5.97 Å². The van der Waals surface area contributed by atoms with Gasteiger partial charge in [-0.3, -0.25) is 0 Å². The number of ether oxygens (including phenoxy) is 2. The number of hydrogen-bond acceptors (Lipinski definition) is 3. The lowest BCUT2D eigenvalue weighted by atomic mass is 9.89. The summed E-state index contributed by atoms with van der Waals surface area (Å²) >= 11 is 0. The lowest BCUT2D eigenvalue weighted by molar-refractivity contribution is -0.139. The van der Waals surface area contributed by atoms with Gasteiger partial charge in [-0.25, -0.2) is 4.79 Å². The molecule has 2 aliphatic rings. The molecule has 0 aliphatic heterocycles. The second-order valence-electron chi connectivity index (χ2n) is 4.86. The van der Waals surface area contributed by atoms with Gasteiger partial charge >= 0.3 is 5.97 Å². The zero-order valence-electron chi connectivity index (χ0n) is 9.85. The molecule has 3 nitrogen and oxygen atoms in total. The molecule has 0 radical (unpaired) electrons. The number of carbonyl (C=O) groups is 1. The summed E-state index contributed by atoms with van der Waals surface area (Å²) in [5.41, 5.74) is 0. The van der Waals surface area contributed by atoms with Crippen molar-refractivity contribution in [3.63, 3.8) is 0 Å². The standard InChI is InChI=1S/C13H20O3/c1-15-6-7-16-13(14)5-4-12-9-10-2-3-11(12)8-10/h4-5,10-12H,2-3,6-9H2,1H3/b5-4+/t10-,11+,12-/m1/s1. The van der Waals surface area contributed by atoms with Gasteiger partial charge in [-0.1, -0.05) is 12.5 Å². The Morgan fingerprint density at radius 1 is 1.31 bits per heavy atom. The van der Waals surface area contributed by atoms with Gasteiger partial charge in [0.15, 0.2) is 0 Å². The molecule has 0 spiro atoms. The Labute approximate surface area is 96.8 Å². The van der Waals surface area contributed by atoms with E-state index in [2.05, 4.69) is 6.08 Å².